The smallest absolute Gasteiger partial charge is 0.338 e. The zero-order chi connectivity index (χ0) is 17.8. The first-order valence-electron chi connectivity index (χ1n) is 8.92. The van der Waals surface area contributed by atoms with E-state index < -0.39 is 0 Å². The zero-order valence-corrected chi connectivity index (χ0v) is 15.2. The second kappa shape index (κ2) is 7.85. The molecule has 4 rings (SSSR count). The molecule has 0 bridgehead atoms. The molecule has 2 heterocycles. The van der Waals surface area contributed by atoms with Gasteiger partial charge in [-0.15, -0.1) is 11.3 Å². The molecule has 132 valence electrons. The van der Waals surface area contributed by atoms with Gasteiger partial charge in [0.25, 0.3) is 0 Å². The van der Waals surface area contributed by atoms with Crippen LogP contribution in [-0.4, -0.2) is 25.2 Å². The lowest BCUT2D eigenvalue weighted by molar-refractivity contribution is 0.0182. The number of benzene rings is 2. The summed E-state index contributed by atoms with van der Waals surface area (Å²) >= 11 is 1.69. The maximum Gasteiger partial charge on any atom is 0.338 e. The summed E-state index contributed by atoms with van der Waals surface area (Å²) in [6.45, 7) is 1.64. The van der Waals surface area contributed by atoms with Gasteiger partial charge in [0.15, 0.2) is 0 Å². The number of hydrogen-bond donors (Lipinski definition) is 1. The van der Waals surface area contributed by atoms with Crippen molar-refractivity contribution in [3.63, 3.8) is 0 Å². The lowest BCUT2D eigenvalue weighted by Gasteiger charge is -2.32. The Kier molecular flexibility index (Phi) is 5.14. The first kappa shape index (κ1) is 17.0. The van der Waals surface area contributed by atoms with Gasteiger partial charge in [-0.05, 0) is 47.7 Å². The average molecular weight is 363 g/mol. The summed E-state index contributed by atoms with van der Waals surface area (Å²) in [5, 5.41) is 5.40. The summed E-state index contributed by atoms with van der Waals surface area (Å²) in [7, 11) is 0. The van der Waals surface area contributed by atoms with Gasteiger partial charge in [-0.2, -0.15) is 0 Å². The van der Waals surface area contributed by atoms with Crippen molar-refractivity contribution in [1.82, 2.24) is 5.32 Å². The molecule has 3 nitrogen and oxygen atoms in total. The monoisotopic (exact) mass is 363 g/mol. The molecule has 1 fully saturated rings. The molecule has 0 saturated carbocycles. The summed E-state index contributed by atoms with van der Waals surface area (Å²) in [6.07, 6.45) is 0.829. The molecule has 0 aliphatic carbocycles. The standard InChI is InChI=1S/C22H21NO2S/c24-22(18-10-8-17(9-11-18)21-7-4-14-26-21)25-20-15-23-13-12-19(20)16-5-2-1-3-6-16/h1-11,14,19-20,23H,12-13,15H2/t19-,20+/m0/s1. The third-order valence-electron chi connectivity index (χ3n) is 4.84. The molecule has 3 aromatic rings. The first-order valence-corrected chi connectivity index (χ1v) is 9.80. The Morgan fingerprint density at radius 2 is 1.81 bits per heavy atom. The number of piperidine rings is 1. The van der Waals surface area contributed by atoms with Crippen LogP contribution in [0.4, 0.5) is 0 Å². The number of ether oxygens (including phenoxy) is 1. The highest BCUT2D eigenvalue weighted by molar-refractivity contribution is 7.13. The largest absolute Gasteiger partial charge is 0.457 e. The van der Waals surface area contributed by atoms with Crippen LogP contribution in [0, 0.1) is 0 Å². The molecule has 0 radical (unpaired) electrons. The predicted octanol–water partition coefficient (Wildman–Crippen LogP) is 4.72. The lowest BCUT2D eigenvalue weighted by Crippen LogP contribution is -2.42. The van der Waals surface area contributed by atoms with Crippen molar-refractivity contribution in [3.8, 4) is 10.4 Å². The van der Waals surface area contributed by atoms with E-state index >= 15 is 0 Å². The number of thiophene rings is 1. The molecule has 0 unspecified atom stereocenters. The third kappa shape index (κ3) is 3.71. The second-order valence-electron chi connectivity index (χ2n) is 6.51. The zero-order valence-electron chi connectivity index (χ0n) is 14.4. The van der Waals surface area contributed by atoms with Crippen molar-refractivity contribution >= 4 is 17.3 Å². The quantitative estimate of drug-likeness (QED) is 0.682. The first-order chi connectivity index (χ1) is 12.8. The van der Waals surface area contributed by atoms with Crippen LogP contribution in [0.5, 0.6) is 0 Å². The molecular formula is C22H21NO2S. The van der Waals surface area contributed by atoms with Gasteiger partial charge in [-0.25, -0.2) is 4.79 Å². The number of rotatable bonds is 4. The molecule has 0 amide bonds. The number of esters is 1. The van der Waals surface area contributed by atoms with Crippen LogP contribution in [-0.2, 0) is 4.74 Å². The molecule has 2 atom stereocenters. The highest BCUT2D eigenvalue weighted by atomic mass is 32.1. The molecule has 2 aromatic carbocycles. The molecule has 0 spiro atoms. The molecule has 26 heavy (non-hydrogen) atoms. The summed E-state index contributed by atoms with van der Waals surface area (Å²) in [5.74, 6) is -0.0100. The Labute approximate surface area is 157 Å². The van der Waals surface area contributed by atoms with Crippen LogP contribution in [0.1, 0.15) is 28.3 Å². The molecule has 1 saturated heterocycles. The fraction of sp³-hybridized carbons (Fsp3) is 0.227. The minimum atomic E-state index is -0.252. The minimum Gasteiger partial charge on any atom is -0.457 e. The van der Waals surface area contributed by atoms with Crippen molar-refractivity contribution in [2.45, 2.75) is 18.4 Å². The minimum absolute atomic E-state index is 0.143. The van der Waals surface area contributed by atoms with E-state index in [2.05, 4.69) is 28.9 Å². The fourth-order valence-electron chi connectivity index (χ4n) is 3.45. The van der Waals surface area contributed by atoms with E-state index in [1.54, 1.807) is 11.3 Å². The molecule has 1 N–H and O–H groups in total. The highest BCUT2D eigenvalue weighted by Gasteiger charge is 2.29. The summed E-state index contributed by atoms with van der Waals surface area (Å²) < 4.78 is 5.88. The van der Waals surface area contributed by atoms with E-state index in [0.29, 0.717) is 12.1 Å². The summed E-state index contributed by atoms with van der Waals surface area (Å²) in [5.41, 5.74) is 2.96. The van der Waals surface area contributed by atoms with Gasteiger partial charge >= 0.3 is 5.97 Å². The van der Waals surface area contributed by atoms with Gasteiger partial charge in [-0.1, -0.05) is 48.5 Å². The van der Waals surface area contributed by atoms with Crippen molar-refractivity contribution < 1.29 is 9.53 Å². The molecule has 1 aliphatic rings. The van der Waals surface area contributed by atoms with Crippen molar-refractivity contribution in [2.24, 2.45) is 0 Å². The van der Waals surface area contributed by atoms with E-state index in [0.717, 1.165) is 18.5 Å². The van der Waals surface area contributed by atoms with E-state index in [1.807, 2.05) is 48.5 Å². The van der Waals surface area contributed by atoms with Gasteiger partial charge in [-0.3, -0.25) is 0 Å². The van der Waals surface area contributed by atoms with Crippen molar-refractivity contribution in [1.29, 1.82) is 0 Å². The van der Waals surface area contributed by atoms with E-state index in [9.17, 15) is 4.79 Å². The number of nitrogens with one attached hydrogen (secondary N) is 1. The molecule has 1 aromatic heterocycles. The van der Waals surface area contributed by atoms with Crippen LogP contribution in [0.3, 0.4) is 0 Å². The average Bonchev–Trinajstić information content (AvgIpc) is 3.24. The third-order valence-corrected chi connectivity index (χ3v) is 5.76. The Morgan fingerprint density at radius 3 is 2.54 bits per heavy atom. The maximum absolute atomic E-state index is 12.6. The van der Waals surface area contributed by atoms with E-state index in [4.69, 9.17) is 4.74 Å². The van der Waals surface area contributed by atoms with Gasteiger partial charge in [0.2, 0.25) is 0 Å². The van der Waals surface area contributed by atoms with Crippen LogP contribution >= 0.6 is 11.3 Å². The van der Waals surface area contributed by atoms with Crippen molar-refractivity contribution in [2.75, 3.05) is 13.1 Å². The predicted molar refractivity (Wildman–Crippen MR) is 106 cm³/mol. The Bertz CT molecular complexity index is 844. The van der Waals surface area contributed by atoms with Crippen LogP contribution in [0.2, 0.25) is 0 Å². The topological polar surface area (TPSA) is 38.3 Å². The molecule has 4 heteroatoms. The van der Waals surface area contributed by atoms with Crippen molar-refractivity contribution in [3.05, 3.63) is 83.2 Å². The maximum atomic E-state index is 12.6. The SMILES string of the molecule is O=C(O[C@@H]1CNCC[C@H]1c1ccccc1)c1ccc(-c2cccs2)cc1. The second-order valence-corrected chi connectivity index (χ2v) is 7.46. The van der Waals surface area contributed by atoms with Gasteiger partial charge in [0.1, 0.15) is 6.10 Å². The Balaban J connectivity index is 1.48. The fourth-order valence-corrected chi connectivity index (χ4v) is 4.19. The van der Waals surface area contributed by atoms with E-state index in [1.165, 1.54) is 10.4 Å². The number of hydrogen-bond acceptors (Lipinski definition) is 4. The lowest BCUT2D eigenvalue weighted by atomic mass is 9.88. The molecular weight excluding hydrogens is 342 g/mol. The molecule has 1 aliphatic heterocycles. The van der Waals surface area contributed by atoms with E-state index in [-0.39, 0.29) is 18.0 Å². The Hall–Kier alpha value is -2.43. The summed E-state index contributed by atoms with van der Waals surface area (Å²) in [4.78, 5) is 13.8. The van der Waals surface area contributed by atoms with Gasteiger partial charge < -0.3 is 10.1 Å². The number of carbonyl (C=O) groups excluding carboxylic acids is 1. The summed E-state index contributed by atoms with van der Waals surface area (Å²) in [6, 6.07) is 22.1. The number of carbonyl (C=O) groups is 1. The Morgan fingerprint density at radius 1 is 1.00 bits per heavy atom. The highest BCUT2D eigenvalue weighted by Crippen LogP contribution is 2.29. The van der Waals surface area contributed by atoms with Gasteiger partial charge in [0, 0.05) is 17.3 Å². The normalized spacial score (nSPS) is 19.8. The van der Waals surface area contributed by atoms with Crippen LogP contribution < -0.4 is 5.32 Å². The van der Waals surface area contributed by atoms with Crippen LogP contribution in [0.15, 0.2) is 72.1 Å². The van der Waals surface area contributed by atoms with Gasteiger partial charge in [0.05, 0.1) is 5.56 Å². The van der Waals surface area contributed by atoms with Crippen LogP contribution in [0.25, 0.3) is 10.4 Å².